The molecule has 2 aromatic rings. The summed E-state index contributed by atoms with van der Waals surface area (Å²) in [6, 6.07) is 11.0. The Labute approximate surface area is 176 Å². The van der Waals surface area contributed by atoms with E-state index in [1.807, 2.05) is 12.3 Å². The van der Waals surface area contributed by atoms with Gasteiger partial charge in [-0.15, -0.1) is 6.58 Å². The number of rotatable bonds is 8. The van der Waals surface area contributed by atoms with E-state index in [0.29, 0.717) is 0 Å². The molecule has 2 heterocycles. The number of hydrogen-bond donors (Lipinski definition) is 0. The van der Waals surface area contributed by atoms with E-state index in [1.54, 1.807) is 0 Å². The van der Waals surface area contributed by atoms with E-state index in [9.17, 15) is 0 Å². The fraction of sp³-hybridized carbons (Fsp3) is 0.400. The summed E-state index contributed by atoms with van der Waals surface area (Å²) in [7, 11) is 2.09. The molecule has 0 unspecified atom stereocenters. The molecule has 1 aromatic carbocycles. The zero-order chi connectivity index (χ0) is 20.8. The third-order valence-corrected chi connectivity index (χ3v) is 5.73. The predicted octanol–water partition coefficient (Wildman–Crippen LogP) is 4.89. The van der Waals surface area contributed by atoms with Crippen molar-refractivity contribution in [2.75, 3.05) is 49.6 Å². The first kappa shape index (κ1) is 21.0. The molecule has 0 atom stereocenters. The number of aromatic nitrogens is 1. The maximum absolute atomic E-state index is 4.66. The van der Waals surface area contributed by atoms with Gasteiger partial charge in [0.1, 0.15) is 5.82 Å². The minimum atomic E-state index is 0.982. The standard InChI is InChI=1S/C25H34N4/c1-6-7-8-13-27(5)25-12-10-23(19-26-25)22(4)28-14-16-29(17-15-28)24-11-9-20(2)18-21(24)3/h6,9-12,18-19H,1,4,7-8,13-17H2,2-3,5H3. The van der Waals surface area contributed by atoms with Crippen LogP contribution in [0.1, 0.15) is 29.5 Å². The maximum atomic E-state index is 4.66. The Hall–Kier alpha value is -2.75. The first-order chi connectivity index (χ1) is 14.0. The minimum Gasteiger partial charge on any atom is -0.368 e. The monoisotopic (exact) mass is 390 g/mol. The van der Waals surface area contributed by atoms with Gasteiger partial charge in [-0.25, -0.2) is 4.98 Å². The Morgan fingerprint density at radius 1 is 1.14 bits per heavy atom. The zero-order valence-corrected chi connectivity index (χ0v) is 18.2. The average Bonchev–Trinajstić information content (AvgIpc) is 2.74. The summed E-state index contributed by atoms with van der Waals surface area (Å²) < 4.78 is 0. The van der Waals surface area contributed by atoms with Crippen molar-refractivity contribution < 1.29 is 0 Å². The van der Waals surface area contributed by atoms with Gasteiger partial charge in [0, 0.05) is 62.9 Å². The molecule has 1 fully saturated rings. The van der Waals surface area contributed by atoms with E-state index in [1.165, 1.54) is 16.8 Å². The molecule has 1 saturated heterocycles. The molecule has 1 aromatic heterocycles. The van der Waals surface area contributed by atoms with Gasteiger partial charge in [0.15, 0.2) is 0 Å². The SMILES string of the molecule is C=CCCCN(C)c1ccc(C(=C)N2CCN(c3ccc(C)cc3C)CC2)cn1. The molecule has 0 bridgehead atoms. The summed E-state index contributed by atoms with van der Waals surface area (Å²) in [6.45, 7) is 17.5. The fourth-order valence-electron chi connectivity index (χ4n) is 3.93. The minimum absolute atomic E-state index is 0.982. The lowest BCUT2D eigenvalue weighted by molar-refractivity contribution is 0.368. The van der Waals surface area contributed by atoms with Gasteiger partial charge in [-0.05, 0) is 50.5 Å². The quantitative estimate of drug-likeness (QED) is 0.473. The summed E-state index contributed by atoms with van der Waals surface area (Å²) in [4.78, 5) is 11.7. The average molecular weight is 391 g/mol. The number of allylic oxidation sites excluding steroid dienone is 1. The van der Waals surface area contributed by atoms with Crippen LogP contribution in [0.4, 0.5) is 11.5 Å². The Balaban J connectivity index is 1.57. The summed E-state index contributed by atoms with van der Waals surface area (Å²) >= 11 is 0. The topological polar surface area (TPSA) is 22.6 Å². The number of nitrogens with zero attached hydrogens (tertiary/aromatic N) is 4. The molecule has 0 amide bonds. The van der Waals surface area contributed by atoms with Crippen LogP contribution in [0.3, 0.4) is 0 Å². The maximum Gasteiger partial charge on any atom is 0.128 e. The third-order valence-electron chi connectivity index (χ3n) is 5.73. The van der Waals surface area contributed by atoms with Crippen molar-refractivity contribution in [3.05, 3.63) is 72.5 Å². The lowest BCUT2D eigenvalue weighted by Gasteiger charge is -2.39. The Morgan fingerprint density at radius 3 is 2.52 bits per heavy atom. The highest BCUT2D eigenvalue weighted by Gasteiger charge is 2.20. The van der Waals surface area contributed by atoms with Crippen LogP contribution in [-0.4, -0.2) is 49.7 Å². The predicted molar refractivity (Wildman–Crippen MR) is 126 cm³/mol. The summed E-state index contributed by atoms with van der Waals surface area (Å²) in [6.07, 6.45) is 6.06. The molecule has 1 aliphatic rings. The van der Waals surface area contributed by atoms with Crippen molar-refractivity contribution in [1.82, 2.24) is 9.88 Å². The second kappa shape index (κ2) is 9.64. The van der Waals surface area contributed by atoms with E-state index in [2.05, 4.69) is 84.1 Å². The number of unbranched alkanes of at least 4 members (excludes halogenated alkanes) is 1. The first-order valence-corrected chi connectivity index (χ1v) is 10.5. The van der Waals surface area contributed by atoms with Gasteiger partial charge in [-0.1, -0.05) is 30.4 Å². The van der Waals surface area contributed by atoms with Crippen LogP contribution in [0.2, 0.25) is 0 Å². The number of benzene rings is 1. The number of piperazine rings is 1. The Morgan fingerprint density at radius 2 is 1.90 bits per heavy atom. The molecule has 1 aliphatic heterocycles. The van der Waals surface area contributed by atoms with Crippen LogP contribution in [-0.2, 0) is 0 Å². The summed E-state index contributed by atoms with van der Waals surface area (Å²) in [5.74, 6) is 1.00. The first-order valence-electron chi connectivity index (χ1n) is 10.5. The Bertz CT molecular complexity index is 832. The lowest BCUT2D eigenvalue weighted by Crippen LogP contribution is -2.45. The van der Waals surface area contributed by atoms with E-state index in [-0.39, 0.29) is 0 Å². The van der Waals surface area contributed by atoms with Gasteiger partial charge < -0.3 is 14.7 Å². The van der Waals surface area contributed by atoms with Crippen LogP contribution >= 0.6 is 0 Å². The van der Waals surface area contributed by atoms with Gasteiger partial charge in [-0.3, -0.25) is 0 Å². The smallest absolute Gasteiger partial charge is 0.128 e. The van der Waals surface area contributed by atoms with Crippen molar-refractivity contribution in [3.8, 4) is 0 Å². The highest BCUT2D eigenvalue weighted by Crippen LogP contribution is 2.25. The number of pyridine rings is 1. The van der Waals surface area contributed by atoms with Crippen molar-refractivity contribution in [2.24, 2.45) is 0 Å². The molecule has 0 radical (unpaired) electrons. The molecule has 3 rings (SSSR count). The van der Waals surface area contributed by atoms with E-state index in [4.69, 9.17) is 0 Å². The molecule has 29 heavy (non-hydrogen) atoms. The summed E-state index contributed by atoms with van der Waals surface area (Å²) in [5.41, 5.74) is 6.20. The third kappa shape index (κ3) is 5.20. The highest BCUT2D eigenvalue weighted by molar-refractivity contribution is 5.63. The van der Waals surface area contributed by atoms with Crippen molar-refractivity contribution in [2.45, 2.75) is 26.7 Å². The molecule has 0 N–H and O–H groups in total. The van der Waals surface area contributed by atoms with Crippen LogP contribution in [0.5, 0.6) is 0 Å². The van der Waals surface area contributed by atoms with Gasteiger partial charge in [0.2, 0.25) is 0 Å². The Kier molecular flexibility index (Phi) is 6.97. The van der Waals surface area contributed by atoms with Crippen LogP contribution in [0.25, 0.3) is 5.70 Å². The summed E-state index contributed by atoms with van der Waals surface area (Å²) in [5, 5.41) is 0. The largest absolute Gasteiger partial charge is 0.368 e. The number of aryl methyl sites for hydroxylation is 2. The van der Waals surface area contributed by atoms with Gasteiger partial charge >= 0.3 is 0 Å². The molecular weight excluding hydrogens is 356 g/mol. The lowest BCUT2D eigenvalue weighted by atomic mass is 10.1. The van der Waals surface area contributed by atoms with Crippen LogP contribution in [0.15, 0.2) is 55.8 Å². The molecule has 0 spiro atoms. The van der Waals surface area contributed by atoms with Gasteiger partial charge in [0.25, 0.3) is 0 Å². The molecule has 154 valence electrons. The normalized spacial score (nSPS) is 14.0. The molecule has 0 aliphatic carbocycles. The second-order valence-corrected chi connectivity index (χ2v) is 7.97. The molecule has 4 nitrogen and oxygen atoms in total. The van der Waals surface area contributed by atoms with E-state index < -0.39 is 0 Å². The van der Waals surface area contributed by atoms with Crippen molar-refractivity contribution >= 4 is 17.2 Å². The van der Waals surface area contributed by atoms with E-state index >= 15 is 0 Å². The van der Waals surface area contributed by atoms with E-state index in [0.717, 1.165) is 62.6 Å². The van der Waals surface area contributed by atoms with Crippen LogP contribution in [0, 0.1) is 13.8 Å². The van der Waals surface area contributed by atoms with Crippen LogP contribution < -0.4 is 9.80 Å². The van der Waals surface area contributed by atoms with Crippen molar-refractivity contribution in [1.29, 1.82) is 0 Å². The second-order valence-electron chi connectivity index (χ2n) is 7.97. The number of anilines is 2. The number of hydrogen-bond acceptors (Lipinski definition) is 4. The highest BCUT2D eigenvalue weighted by atomic mass is 15.3. The molecule has 4 heteroatoms. The zero-order valence-electron chi connectivity index (χ0n) is 18.2. The molecule has 0 saturated carbocycles. The fourth-order valence-corrected chi connectivity index (χ4v) is 3.93. The van der Waals surface area contributed by atoms with Crippen molar-refractivity contribution in [3.63, 3.8) is 0 Å². The van der Waals surface area contributed by atoms with Gasteiger partial charge in [0.05, 0.1) is 0 Å². The van der Waals surface area contributed by atoms with Gasteiger partial charge in [-0.2, -0.15) is 0 Å². The molecular formula is C25H34N4.